The zero-order chi connectivity index (χ0) is 32.1. The van der Waals surface area contributed by atoms with E-state index in [0.29, 0.717) is 5.56 Å². The van der Waals surface area contributed by atoms with Crippen LogP contribution in [0.4, 0.5) is 0 Å². The Bertz CT molecular complexity index is 1150. The van der Waals surface area contributed by atoms with Crippen molar-refractivity contribution in [2.24, 2.45) is 5.73 Å². The van der Waals surface area contributed by atoms with Gasteiger partial charge in [-0.15, -0.1) is 0 Å². The van der Waals surface area contributed by atoms with Crippen molar-refractivity contribution in [3.8, 4) is 0 Å². The third-order valence-electron chi connectivity index (χ3n) is 5.55. The number of carbonyl (C=O) groups is 7. The van der Waals surface area contributed by atoms with Gasteiger partial charge in [-0.1, -0.05) is 12.1 Å². The fraction of sp³-hybridized carbons (Fsp3) is 0.519. The predicted molar refractivity (Wildman–Crippen MR) is 142 cm³/mol. The van der Waals surface area contributed by atoms with Gasteiger partial charge in [-0.05, 0) is 24.1 Å². The van der Waals surface area contributed by atoms with Crippen LogP contribution in [-0.2, 0) is 58.9 Å². The molecule has 15 nitrogen and oxygen atoms in total. The van der Waals surface area contributed by atoms with Crippen LogP contribution in [-0.4, -0.2) is 102 Å². The van der Waals surface area contributed by atoms with Crippen molar-refractivity contribution in [3.05, 3.63) is 35.4 Å². The molecule has 42 heavy (non-hydrogen) atoms. The number of rotatable bonds is 15. The number of nitrogens with zero attached hydrogens (tertiary/aromatic N) is 1. The number of ether oxygens (including phenoxy) is 5. The van der Waals surface area contributed by atoms with E-state index >= 15 is 0 Å². The average molecular weight is 597 g/mol. The molecule has 0 bridgehead atoms. The molecule has 0 fully saturated rings. The van der Waals surface area contributed by atoms with E-state index in [2.05, 4.69) is 0 Å². The molecule has 0 aliphatic heterocycles. The van der Waals surface area contributed by atoms with Crippen LogP contribution in [0.15, 0.2) is 24.3 Å². The Morgan fingerprint density at radius 1 is 0.738 bits per heavy atom. The lowest BCUT2D eigenvalue weighted by atomic mass is 10.0. The summed E-state index contributed by atoms with van der Waals surface area (Å²) in [5.41, 5.74) is 6.73. The minimum absolute atomic E-state index is 0.0294. The highest BCUT2D eigenvalue weighted by Crippen LogP contribution is 2.21. The van der Waals surface area contributed by atoms with Gasteiger partial charge in [0.15, 0.2) is 24.4 Å². The molecule has 0 aromatic heterocycles. The van der Waals surface area contributed by atoms with Crippen molar-refractivity contribution < 1.29 is 62.4 Å². The lowest BCUT2D eigenvalue weighted by Crippen LogP contribution is -2.56. The number of likely N-dealkylation sites (N-methyl/N-ethyl adjacent to an activating group) is 1. The van der Waals surface area contributed by atoms with Gasteiger partial charge in [0.2, 0.25) is 5.91 Å². The van der Waals surface area contributed by atoms with Crippen LogP contribution >= 0.6 is 0 Å². The highest BCUT2D eigenvalue weighted by atomic mass is 16.6. The van der Waals surface area contributed by atoms with Crippen molar-refractivity contribution in [3.63, 3.8) is 0 Å². The standard InChI is InChI=1S/C27H36N2O13/c1-14(30)38-13-23(40-16(3)32)25(42-18(5)34)24(41-17(4)33)22(39-15(2)31)12-29(6)26(35)21(28)11-19-7-9-20(10-8-19)27(36)37/h7-10,21-25H,11-13,28H2,1-6H3,(H,36,37)/t21-,22+,23-,24-,25-/m0/s1. The van der Waals surface area contributed by atoms with Gasteiger partial charge >= 0.3 is 35.8 Å². The monoisotopic (exact) mass is 596 g/mol. The van der Waals surface area contributed by atoms with Crippen LogP contribution in [0.3, 0.4) is 0 Å². The van der Waals surface area contributed by atoms with Crippen LogP contribution in [0.25, 0.3) is 0 Å². The number of carboxylic acid groups (broad SMARTS) is 1. The summed E-state index contributed by atoms with van der Waals surface area (Å²) in [5.74, 6) is -6.02. The molecule has 0 heterocycles. The Labute approximate surface area is 242 Å². The first-order chi connectivity index (χ1) is 19.5. The molecule has 0 aliphatic rings. The third kappa shape index (κ3) is 12.3. The maximum absolute atomic E-state index is 13.1. The minimum atomic E-state index is -1.65. The summed E-state index contributed by atoms with van der Waals surface area (Å²) >= 11 is 0. The van der Waals surface area contributed by atoms with E-state index in [1.54, 1.807) is 0 Å². The van der Waals surface area contributed by atoms with E-state index in [9.17, 15) is 33.6 Å². The normalized spacial score (nSPS) is 14.2. The van der Waals surface area contributed by atoms with Crippen molar-refractivity contribution in [1.82, 2.24) is 4.90 Å². The summed E-state index contributed by atoms with van der Waals surface area (Å²) in [7, 11) is 1.33. The van der Waals surface area contributed by atoms with Crippen LogP contribution in [0, 0.1) is 0 Å². The van der Waals surface area contributed by atoms with E-state index in [1.165, 1.54) is 31.3 Å². The van der Waals surface area contributed by atoms with Gasteiger partial charge in [-0.2, -0.15) is 0 Å². The van der Waals surface area contributed by atoms with Crippen molar-refractivity contribution in [2.75, 3.05) is 20.2 Å². The predicted octanol–water partition coefficient (Wildman–Crippen LogP) is 0.00290. The first-order valence-corrected chi connectivity index (χ1v) is 12.7. The van der Waals surface area contributed by atoms with Crippen molar-refractivity contribution >= 4 is 41.7 Å². The van der Waals surface area contributed by atoms with Gasteiger partial charge in [0.05, 0.1) is 18.2 Å². The lowest BCUT2D eigenvalue weighted by molar-refractivity contribution is -0.203. The number of amides is 1. The molecule has 0 spiro atoms. The summed E-state index contributed by atoms with van der Waals surface area (Å²) in [6.45, 7) is 4.18. The highest BCUT2D eigenvalue weighted by Gasteiger charge is 2.44. The van der Waals surface area contributed by atoms with Crippen LogP contribution in [0.1, 0.15) is 50.5 Å². The number of nitrogens with two attached hydrogens (primary N) is 1. The topological polar surface area (TPSA) is 215 Å². The number of esters is 5. The number of hydrogen-bond acceptors (Lipinski definition) is 13. The molecule has 5 atom stereocenters. The second-order valence-corrected chi connectivity index (χ2v) is 9.28. The van der Waals surface area contributed by atoms with E-state index < -0.39 is 85.3 Å². The van der Waals surface area contributed by atoms with Gasteiger partial charge in [-0.25, -0.2) is 4.79 Å². The average Bonchev–Trinajstić information content (AvgIpc) is 2.87. The summed E-state index contributed by atoms with van der Waals surface area (Å²) < 4.78 is 26.2. The second-order valence-electron chi connectivity index (χ2n) is 9.28. The van der Waals surface area contributed by atoms with E-state index in [-0.39, 0.29) is 12.0 Å². The molecular formula is C27H36N2O13. The molecule has 0 saturated carbocycles. The number of hydrogen-bond donors (Lipinski definition) is 2. The maximum Gasteiger partial charge on any atom is 0.335 e. The molecular weight excluding hydrogens is 560 g/mol. The molecule has 1 aromatic carbocycles. The zero-order valence-corrected chi connectivity index (χ0v) is 24.2. The van der Waals surface area contributed by atoms with Crippen LogP contribution in [0.2, 0.25) is 0 Å². The van der Waals surface area contributed by atoms with Crippen LogP contribution < -0.4 is 5.73 Å². The summed E-state index contributed by atoms with van der Waals surface area (Å²) in [5, 5.41) is 9.06. The minimum Gasteiger partial charge on any atom is -0.478 e. The zero-order valence-electron chi connectivity index (χ0n) is 24.2. The Kier molecular flexibility index (Phi) is 14.1. The molecule has 1 aromatic rings. The molecule has 15 heteroatoms. The Balaban J connectivity index is 3.36. The quantitative estimate of drug-likeness (QED) is 0.201. The van der Waals surface area contributed by atoms with Gasteiger partial charge in [0, 0.05) is 41.7 Å². The lowest BCUT2D eigenvalue weighted by Gasteiger charge is -2.36. The van der Waals surface area contributed by atoms with Crippen molar-refractivity contribution in [2.45, 2.75) is 71.5 Å². The summed E-state index contributed by atoms with van der Waals surface area (Å²) in [6.07, 6.45) is -6.26. The second kappa shape index (κ2) is 16.7. The van der Waals surface area contributed by atoms with Crippen LogP contribution in [0.5, 0.6) is 0 Å². The molecule has 0 unspecified atom stereocenters. The smallest absolute Gasteiger partial charge is 0.335 e. The molecule has 3 N–H and O–H groups in total. The van der Waals surface area contributed by atoms with Gasteiger partial charge in [0.1, 0.15) is 6.61 Å². The molecule has 0 aliphatic carbocycles. The van der Waals surface area contributed by atoms with E-state index in [4.69, 9.17) is 34.5 Å². The molecule has 1 rings (SSSR count). The summed E-state index contributed by atoms with van der Waals surface area (Å²) in [6, 6.07) is 4.64. The van der Waals surface area contributed by atoms with E-state index in [0.717, 1.165) is 39.5 Å². The fourth-order valence-electron chi connectivity index (χ4n) is 3.89. The van der Waals surface area contributed by atoms with Gasteiger partial charge < -0.3 is 39.4 Å². The van der Waals surface area contributed by atoms with Crippen molar-refractivity contribution in [1.29, 1.82) is 0 Å². The maximum atomic E-state index is 13.1. The number of benzene rings is 1. The largest absolute Gasteiger partial charge is 0.478 e. The van der Waals surface area contributed by atoms with E-state index in [1.807, 2.05) is 0 Å². The first kappa shape index (κ1) is 35.5. The van der Waals surface area contributed by atoms with Gasteiger partial charge in [-0.3, -0.25) is 28.8 Å². The number of aromatic carboxylic acids is 1. The Morgan fingerprint density at radius 3 is 1.62 bits per heavy atom. The number of carboxylic acids is 1. The molecule has 0 radical (unpaired) electrons. The third-order valence-corrected chi connectivity index (χ3v) is 5.55. The Morgan fingerprint density at radius 2 is 1.19 bits per heavy atom. The highest BCUT2D eigenvalue weighted by molar-refractivity contribution is 5.87. The molecule has 232 valence electrons. The SMILES string of the molecule is CC(=O)OC[C@H](OC(C)=O)[C@H](OC(C)=O)[C@@H](OC(C)=O)[C@@H](CN(C)C(=O)[C@@H](N)Cc1ccc(C(=O)O)cc1)OC(C)=O. The van der Waals surface area contributed by atoms with Gasteiger partial charge in [0.25, 0.3) is 0 Å². The summed E-state index contributed by atoms with van der Waals surface area (Å²) in [4.78, 5) is 84.8. The number of carbonyl (C=O) groups excluding carboxylic acids is 6. The molecule has 1 amide bonds. The molecule has 0 saturated heterocycles. The first-order valence-electron chi connectivity index (χ1n) is 12.7. The Hall–Kier alpha value is -4.53. The fourth-order valence-corrected chi connectivity index (χ4v) is 3.89.